The van der Waals surface area contributed by atoms with Gasteiger partial charge in [0.2, 0.25) is 0 Å². The van der Waals surface area contributed by atoms with Crippen LogP contribution in [0.2, 0.25) is 0 Å². The van der Waals surface area contributed by atoms with E-state index in [4.69, 9.17) is 18.9 Å². The summed E-state index contributed by atoms with van der Waals surface area (Å²) >= 11 is 0. The van der Waals surface area contributed by atoms with Gasteiger partial charge in [-0.05, 0) is 0 Å². The molecule has 0 rings (SSSR count). The lowest BCUT2D eigenvalue weighted by Gasteiger charge is -2.06. The van der Waals surface area contributed by atoms with Gasteiger partial charge in [0.25, 0.3) is 0 Å². The standard InChI is InChI=1S/C11H20O6/c1-3-14-4-5-15-6-7-16-8-9-17-10-11(12)13-2/h3H,1,4-10H2,2H3. The molecule has 0 amide bonds. The molecule has 0 fully saturated rings. The number of methoxy groups -OCH3 is 1. The van der Waals surface area contributed by atoms with E-state index in [2.05, 4.69) is 11.3 Å². The topological polar surface area (TPSA) is 63.2 Å². The maximum absolute atomic E-state index is 10.6. The normalized spacial score (nSPS) is 9.94. The van der Waals surface area contributed by atoms with Crippen molar-refractivity contribution in [2.24, 2.45) is 0 Å². The Balaban J connectivity index is 2.98. The molecular formula is C11H20O6. The van der Waals surface area contributed by atoms with Crippen LogP contribution in [0.3, 0.4) is 0 Å². The summed E-state index contributed by atoms with van der Waals surface area (Å²) in [6.07, 6.45) is 1.37. The Morgan fingerprint density at radius 2 is 1.53 bits per heavy atom. The van der Waals surface area contributed by atoms with Crippen molar-refractivity contribution in [3.05, 3.63) is 12.8 Å². The number of rotatable bonds is 12. The smallest absolute Gasteiger partial charge is 0.331 e. The van der Waals surface area contributed by atoms with Crippen molar-refractivity contribution in [2.45, 2.75) is 0 Å². The second kappa shape index (κ2) is 13.0. The third kappa shape index (κ3) is 12.8. The third-order valence-electron chi connectivity index (χ3n) is 1.65. The fraction of sp³-hybridized carbons (Fsp3) is 0.727. The number of hydrogen-bond acceptors (Lipinski definition) is 6. The molecule has 0 saturated carbocycles. The molecule has 0 bridgehead atoms. The Morgan fingerprint density at radius 3 is 2.06 bits per heavy atom. The van der Waals surface area contributed by atoms with E-state index in [-0.39, 0.29) is 6.61 Å². The quantitative estimate of drug-likeness (QED) is 0.282. The Bertz CT molecular complexity index is 194. The van der Waals surface area contributed by atoms with E-state index in [1.54, 1.807) is 0 Å². The maximum Gasteiger partial charge on any atom is 0.331 e. The third-order valence-corrected chi connectivity index (χ3v) is 1.65. The lowest BCUT2D eigenvalue weighted by atomic mass is 10.7. The molecule has 0 aliphatic carbocycles. The molecule has 0 atom stereocenters. The second-order valence-corrected chi connectivity index (χ2v) is 2.89. The van der Waals surface area contributed by atoms with E-state index in [0.29, 0.717) is 39.6 Å². The minimum Gasteiger partial charge on any atom is -0.499 e. The Kier molecular flexibility index (Phi) is 12.1. The van der Waals surface area contributed by atoms with Gasteiger partial charge >= 0.3 is 5.97 Å². The van der Waals surface area contributed by atoms with Gasteiger partial charge < -0.3 is 23.7 Å². The molecule has 0 spiro atoms. The molecule has 0 N–H and O–H groups in total. The molecule has 100 valence electrons. The van der Waals surface area contributed by atoms with Crippen LogP contribution >= 0.6 is 0 Å². The first-order valence-corrected chi connectivity index (χ1v) is 5.33. The summed E-state index contributed by atoms with van der Waals surface area (Å²) in [5, 5.41) is 0. The molecule has 0 unspecified atom stereocenters. The number of ether oxygens (including phenoxy) is 5. The predicted octanol–water partition coefficient (Wildman–Crippen LogP) is 0.369. The molecule has 0 aromatic carbocycles. The van der Waals surface area contributed by atoms with Crippen molar-refractivity contribution in [1.29, 1.82) is 0 Å². The van der Waals surface area contributed by atoms with E-state index in [1.165, 1.54) is 13.4 Å². The second-order valence-electron chi connectivity index (χ2n) is 2.89. The van der Waals surface area contributed by atoms with Crippen LogP contribution in [0.4, 0.5) is 0 Å². The highest BCUT2D eigenvalue weighted by atomic mass is 16.6. The first kappa shape index (κ1) is 15.9. The zero-order valence-corrected chi connectivity index (χ0v) is 10.2. The van der Waals surface area contributed by atoms with Crippen LogP contribution < -0.4 is 0 Å². The van der Waals surface area contributed by atoms with Crippen molar-refractivity contribution in [2.75, 3.05) is 53.4 Å². The fourth-order valence-corrected chi connectivity index (χ4v) is 0.845. The molecule has 0 aromatic rings. The van der Waals surface area contributed by atoms with Crippen molar-refractivity contribution < 1.29 is 28.5 Å². The number of carbonyl (C=O) groups is 1. The van der Waals surface area contributed by atoms with E-state index in [1.807, 2.05) is 0 Å². The van der Waals surface area contributed by atoms with Gasteiger partial charge in [-0.1, -0.05) is 6.58 Å². The molecule has 0 aromatic heterocycles. The molecule has 0 saturated heterocycles. The van der Waals surface area contributed by atoms with E-state index in [0.717, 1.165) is 0 Å². The molecule has 6 nitrogen and oxygen atoms in total. The molecule has 17 heavy (non-hydrogen) atoms. The van der Waals surface area contributed by atoms with Crippen molar-refractivity contribution in [3.8, 4) is 0 Å². The highest BCUT2D eigenvalue weighted by Gasteiger charge is 1.98. The molecular weight excluding hydrogens is 228 g/mol. The number of esters is 1. The molecule has 6 heteroatoms. The lowest BCUT2D eigenvalue weighted by molar-refractivity contribution is -0.146. The van der Waals surface area contributed by atoms with E-state index < -0.39 is 5.97 Å². The van der Waals surface area contributed by atoms with Crippen LogP contribution in [0.5, 0.6) is 0 Å². The van der Waals surface area contributed by atoms with Gasteiger partial charge in [0.05, 0.1) is 46.4 Å². The average molecular weight is 248 g/mol. The summed E-state index contributed by atoms with van der Waals surface area (Å²) in [7, 11) is 1.32. The SMILES string of the molecule is C=COCCOCCOCCOCC(=O)OC. The summed E-state index contributed by atoms with van der Waals surface area (Å²) in [5.41, 5.74) is 0. The summed E-state index contributed by atoms with van der Waals surface area (Å²) in [6.45, 7) is 6.11. The van der Waals surface area contributed by atoms with Crippen LogP contribution in [0.1, 0.15) is 0 Å². The summed E-state index contributed by atoms with van der Waals surface area (Å²) in [4.78, 5) is 10.6. The number of hydrogen-bond donors (Lipinski definition) is 0. The minimum absolute atomic E-state index is 0.0464. The average Bonchev–Trinajstić information content (AvgIpc) is 2.35. The fourth-order valence-electron chi connectivity index (χ4n) is 0.845. The highest BCUT2D eigenvalue weighted by Crippen LogP contribution is 1.83. The molecule has 0 radical (unpaired) electrons. The van der Waals surface area contributed by atoms with E-state index >= 15 is 0 Å². The first-order valence-electron chi connectivity index (χ1n) is 5.33. The van der Waals surface area contributed by atoms with Crippen molar-refractivity contribution >= 4 is 5.97 Å². The van der Waals surface area contributed by atoms with Gasteiger partial charge in [-0.25, -0.2) is 4.79 Å². The Morgan fingerprint density at radius 1 is 1.00 bits per heavy atom. The summed E-state index contributed by atoms with van der Waals surface area (Å²) < 4.78 is 24.6. The number of carbonyl (C=O) groups excluding carboxylic acids is 1. The van der Waals surface area contributed by atoms with Crippen molar-refractivity contribution in [1.82, 2.24) is 0 Å². The van der Waals surface area contributed by atoms with Gasteiger partial charge in [0.1, 0.15) is 13.2 Å². The summed E-state index contributed by atoms with van der Waals surface area (Å²) in [6, 6.07) is 0. The summed E-state index contributed by atoms with van der Waals surface area (Å²) in [5.74, 6) is -0.393. The molecule has 0 aliphatic rings. The van der Waals surface area contributed by atoms with Gasteiger partial charge in [-0.15, -0.1) is 0 Å². The Labute approximate surface area is 101 Å². The predicted molar refractivity (Wildman–Crippen MR) is 60.6 cm³/mol. The van der Waals surface area contributed by atoms with Crippen LogP contribution in [-0.4, -0.2) is 59.3 Å². The van der Waals surface area contributed by atoms with Gasteiger partial charge in [-0.2, -0.15) is 0 Å². The zero-order chi connectivity index (χ0) is 12.8. The Hall–Kier alpha value is -1.11. The van der Waals surface area contributed by atoms with Gasteiger partial charge in [0, 0.05) is 0 Å². The largest absolute Gasteiger partial charge is 0.499 e. The maximum atomic E-state index is 10.6. The van der Waals surface area contributed by atoms with Crippen molar-refractivity contribution in [3.63, 3.8) is 0 Å². The monoisotopic (exact) mass is 248 g/mol. The van der Waals surface area contributed by atoms with Gasteiger partial charge in [-0.3, -0.25) is 0 Å². The van der Waals surface area contributed by atoms with Crippen LogP contribution in [0, 0.1) is 0 Å². The lowest BCUT2D eigenvalue weighted by Crippen LogP contribution is -2.15. The van der Waals surface area contributed by atoms with Crippen LogP contribution in [0.15, 0.2) is 12.8 Å². The van der Waals surface area contributed by atoms with E-state index in [9.17, 15) is 4.79 Å². The van der Waals surface area contributed by atoms with Crippen LogP contribution in [0.25, 0.3) is 0 Å². The first-order chi connectivity index (χ1) is 8.31. The minimum atomic E-state index is -0.393. The highest BCUT2D eigenvalue weighted by molar-refractivity contribution is 5.70. The molecule has 0 heterocycles. The molecule has 0 aliphatic heterocycles. The van der Waals surface area contributed by atoms with Crippen LogP contribution in [-0.2, 0) is 28.5 Å². The van der Waals surface area contributed by atoms with Gasteiger partial charge in [0.15, 0.2) is 0 Å². The zero-order valence-electron chi connectivity index (χ0n) is 10.2.